The smallest absolute Gasteiger partial charge is 0.227 e. The van der Waals surface area contributed by atoms with Gasteiger partial charge in [0.2, 0.25) is 11.8 Å². The zero-order valence-electron chi connectivity index (χ0n) is 14.6. The van der Waals surface area contributed by atoms with Gasteiger partial charge in [0.25, 0.3) is 0 Å². The molecule has 5 heteroatoms. The van der Waals surface area contributed by atoms with Crippen LogP contribution in [0.5, 0.6) is 0 Å². The lowest BCUT2D eigenvalue weighted by molar-refractivity contribution is -0.135. The van der Waals surface area contributed by atoms with E-state index < -0.39 is 0 Å². The van der Waals surface area contributed by atoms with E-state index in [2.05, 4.69) is 32.2 Å². The summed E-state index contributed by atoms with van der Waals surface area (Å²) in [7, 11) is 0. The highest BCUT2D eigenvalue weighted by Crippen LogP contribution is 2.21. The molecule has 2 rings (SSSR count). The van der Waals surface area contributed by atoms with Gasteiger partial charge in [-0.15, -0.1) is 11.3 Å². The van der Waals surface area contributed by atoms with Gasteiger partial charge in [-0.05, 0) is 44.7 Å². The molecular weight excluding hydrogens is 308 g/mol. The SMILES string of the molecule is Cc1ccc(CC(=O)N2CCC(C(=O)NC(C)C(C)C)CC2)s1. The first-order chi connectivity index (χ1) is 10.9. The molecule has 1 aromatic heterocycles. The van der Waals surface area contributed by atoms with E-state index in [1.165, 1.54) is 4.88 Å². The van der Waals surface area contributed by atoms with E-state index in [0.717, 1.165) is 17.7 Å². The summed E-state index contributed by atoms with van der Waals surface area (Å²) in [5, 5.41) is 3.09. The quantitative estimate of drug-likeness (QED) is 0.898. The van der Waals surface area contributed by atoms with Crippen LogP contribution in [-0.4, -0.2) is 35.8 Å². The molecule has 1 saturated heterocycles. The van der Waals surface area contributed by atoms with Gasteiger partial charge in [0, 0.05) is 34.8 Å². The Bertz CT molecular complexity index is 545. The van der Waals surface area contributed by atoms with Crippen LogP contribution in [0.3, 0.4) is 0 Å². The highest BCUT2D eigenvalue weighted by atomic mass is 32.1. The molecule has 4 nitrogen and oxygen atoms in total. The highest BCUT2D eigenvalue weighted by Gasteiger charge is 2.28. The maximum atomic E-state index is 12.4. The van der Waals surface area contributed by atoms with E-state index >= 15 is 0 Å². The first kappa shape index (κ1) is 18.0. The van der Waals surface area contributed by atoms with E-state index in [-0.39, 0.29) is 23.8 Å². The second kappa shape index (κ2) is 7.95. The Labute approximate surface area is 143 Å². The lowest BCUT2D eigenvalue weighted by Crippen LogP contribution is -2.46. The Kier molecular flexibility index (Phi) is 6.22. The number of rotatable bonds is 5. The predicted octanol–water partition coefficient (Wildman–Crippen LogP) is 3.00. The number of carbonyl (C=O) groups excluding carboxylic acids is 2. The fourth-order valence-electron chi connectivity index (χ4n) is 2.74. The van der Waals surface area contributed by atoms with Crippen molar-refractivity contribution in [3.05, 3.63) is 21.9 Å². The van der Waals surface area contributed by atoms with Gasteiger partial charge in [-0.1, -0.05) is 13.8 Å². The molecular formula is C18H28N2O2S. The Morgan fingerprint density at radius 1 is 1.26 bits per heavy atom. The third-order valence-corrected chi connectivity index (χ3v) is 5.71. The van der Waals surface area contributed by atoms with Crippen LogP contribution in [0, 0.1) is 18.8 Å². The van der Waals surface area contributed by atoms with Crippen molar-refractivity contribution < 1.29 is 9.59 Å². The van der Waals surface area contributed by atoms with Gasteiger partial charge >= 0.3 is 0 Å². The van der Waals surface area contributed by atoms with Crippen molar-refractivity contribution in [3.8, 4) is 0 Å². The molecule has 1 unspecified atom stereocenters. The molecule has 0 saturated carbocycles. The van der Waals surface area contributed by atoms with E-state index in [0.29, 0.717) is 25.4 Å². The Balaban J connectivity index is 1.79. The number of nitrogens with one attached hydrogen (secondary N) is 1. The van der Waals surface area contributed by atoms with Crippen molar-refractivity contribution >= 4 is 23.2 Å². The number of hydrogen-bond donors (Lipinski definition) is 1. The van der Waals surface area contributed by atoms with Crippen molar-refractivity contribution in [2.45, 2.75) is 53.0 Å². The first-order valence-electron chi connectivity index (χ1n) is 8.50. The highest BCUT2D eigenvalue weighted by molar-refractivity contribution is 7.12. The van der Waals surface area contributed by atoms with Gasteiger partial charge in [-0.25, -0.2) is 0 Å². The Morgan fingerprint density at radius 2 is 1.91 bits per heavy atom. The number of nitrogens with zero attached hydrogens (tertiary/aromatic N) is 1. The molecule has 1 aliphatic heterocycles. The van der Waals surface area contributed by atoms with Gasteiger partial charge in [0.1, 0.15) is 0 Å². The summed E-state index contributed by atoms with van der Waals surface area (Å²) >= 11 is 1.68. The molecule has 23 heavy (non-hydrogen) atoms. The monoisotopic (exact) mass is 336 g/mol. The topological polar surface area (TPSA) is 49.4 Å². The number of aryl methyl sites for hydroxylation is 1. The zero-order chi connectivity index (χ0) is 17.0. The third-order valence-electron chi connectivity index (χ3n) is 4.71. The average molecular weight is 337 g/mol. The van der Waals surface area contributed by atoms with E-state index in [4.69, 9.17) is 0 Å². The van der Waals surface area contributed by atoms with Crippen molar-refractivity contribution in [2.24, 2.45) is 11.8 Å². The summed E-state index contributed by atoms with van der Waals surface area (Å²) in [6, 6.07) is 4.29. The second-order valence-electron chi connectivity index (χ2n) is 6.89. The molecule has 0 spiro atoms. The number of piperidine rings is 1. The molecule has 1 fully saturated rings. The van der Waals surface area contributed by atoms with Crippen LogP contribution in [-0.2, 0) is 16.0 Å². The molecule has 1 aliphatic rings. The van der Waals surface area contributed by atoms with E-state index in [1.54, 1.807) is 11.3 Å². The van der Waals surface area contributed by atoms with Crippen molar-refractivity contribution in [3.63, 3.8) is 0 Å². The second-order valence-corrected chi connectivity index (χ2v) is 8.26. The lowest BCUT2D eigenvalue weighted by atomic mass is 9.94. The minimum Gasteiger partial charge on any atom is -0.353 e. The summed E-state index contributed by atoms with van der Waals surface area (Å²) < 4.78 is 0. The summed E-state index contributed by atoms with van der Waals surface area (Å²) in [6.07, 6.45) is 2.03. The minimum absolute atomic E-state index is 0.0456. The maximum Gasteiger partial charge on any atom is 0.227 e. The summed E-state index contributed by atoms with van der Waals surface area (Å²) in [6.45, 7) is 9.71. The van der Waals surface area contributed by atoms with Crippen LogP contribution in [0.15, 0.2) is 12.1 Å². The van der Waals surface area contributed by atoms with Crippen LogP contribution in [0.4, 0.5) is 0 Å². The molecule has 1 N–H and O–H groups in total. The molecule has 2 heterocycles. The Morgan fingerprint density at radius 3 is 2.43 bits per heavy atom. The van der Waals surface area contributed by atoms with Gasteiger partial charge in [-0.2, -0.15) is 0 Å². The molecule has 0 radical (unpaired) electrons. The maximum absolute atomic E-state index is 12.4. The number of carbonyl (C=O) groups is 2. The molecule has 2 amide bonds. The van der Waals surface area contributed by atoms with Crippen molar-refractivity contribution in [1.82, 2.24) is 10.2 Å². The van der Waals surface area contributed by atoms with Crippen LogP contribution >= 0.6 is 11.3 Å². The number of amides is 2. The van der Waals surface area contributed by atoms with Crippen LogP contribution in [0.2, 0.25) is 0 Å². The molecule has 0 aliphatic carbocycles. The minimum atomic E-state index is 0.0456. The fraction of sp³-hybridized carbons (Fsp3) is 0.667. The summed E-state index contributed by atoms with van der Waals surface area (Å²) in [5.41, 5.74) is 0. The standard InChI is InChI=1S/C18H28N2O2S/c1-12(2)14(4)19-18(22)15-7-9-20(10-8-15)17(21)11-16-6-5-13(3)23-16/h5-6,12,14-15H,7-11H2,1-4H3,(H,19,22). The van der Waals surface area contributed by atoms with Crippen LogP contribution in [0.25, 0.3) is 0 Å². The summed E-state index contributed by atoms with van der Waals surface area (Å²) in [4.78, 5) is 28.9. The van der Waals surface area contributed by atoms with Crippen LogP contribution < -0.4 is 5.32 Å². The summed E-state index contributed by atoms with van der Waals surface area (Å²) in [5.74, 6) is 0.813. The third kappa shape index (κ3) is 5.06. The molecule has 0 bridgehead atoms. The number of thiophene rings is 1. The van der Waals surface area contributed by atoms with Gasteiger partial charge in [0.15, 0.2) is 0 Å². The number of likely N-dealkylation sites (tertiary alicyclic amines) is 1. The van der Waals surface area contributed by atoms with Gasteiger partial charge in [0.05, 0.1) is 6.42 Å². The molecule has 1 aromatic rings. The zero-order valence-corrected chi connectivity index (χ0v) is 15.4. The first-order valence-corrected chi connectivity index (χ1v) is 9.32. The number of hydrogen-bond acceptors (Lipinski definition) is 3. The normalized spacial score (nSPS) is 17.3. The molecule has 1 atom stereocenters. The van der Waals surface area contributed by atoms with Crippen molar-refractivity contribution in [2.75, 3.05) is 13.1 Å². The van der Waals surface area contributed by atoms with Gasteiger partial charge in [-0.3, -0.25) is 9.59 Å². The predicted molar refractivity (Wildman–Crippen MR) is 94.5 cm³/mol. The van der Waals surface area contributed by atoms with E-state index in [1.807, 2.05) is 17.9 Å². The largest absolute Gasteiger partial charge is 0.353 e. The van der Waals surface area contributed by atoms with Gasteiger partial charge < -0.3 is 10.2 Å². The fourth-order valence-corrected chi connectivity index (χ4v) is 3.62. The van der Waals surface area contributed by atoms with Crippen molar-refractivity contribution in [1.29, 1.82) is 0 Å². The average Bonchev–Trinajstić information content (AvgIpc) is 2.92. The van der Waals surface area contributed by atoms with E-state index in [9.17, 15) is 9.59 Å². The Hall–Kier alpha value is -1.36. The molecule has 0 aromatic carbocycles. The lowest BCUT2D eigenvalue weighted by Gasteiger charge is -2.32. The van der Waals surface area contributed by atoms with Crippen LogP contribution in [0.1, 0.15) is 43.4 Å². The molecule has 128 valence electrons.